The van der Waals surface area contributed by atoms with E-state index in [1.54, 1.807) is 49.5 Å². The Labute approximate surface area is 261 Å². The van der Waals surface area contributed by atoms with Crippen LogP contribution in [-0.2, 0) is 14.4 Å². The van der Waals surface area contributed by atoms with E-state index in [1.807, 2.05) is 45.0 Å². The summed E-state index contributed by atoms with van der Waals surface area (Å²) in [5.74, 6) is -0.689. The second-order valence-corrected chi connectivity index (χ2v) is 11.1. The van der Waals surface area contributed by atoms with Crippen molar-refractivity contribution in [3.63, 3.8) is 0 Å². The first-order valence-corrected chi connectivity index (χ1v) is 14.5. The number of aliphatic carboxylic acids is 1. The molecule has 0 radical (unpaired) electrons. The average molecular weight is 619 g/mol. The number of hydrogen-bond donors (Lipinski definition) is 4. The van der Waals surface area contributed by atoms with Gasteiger partial charge < -0.3 is 35.3 Å². The number of carbonyl (C=O) groups excluding carboxylic acids is 3. The second kappa shape index (κ2) is 15.0. The molecule has 0 bridgehead atoms. The number of rotatable bonds is 13. The number of aryl methyl sites for hydroxylation is 1. The summed E-state index contributed by atoms with van der Waals surface area (Å²) in [5, 5.41) is 17.8. The number of nitrogens with one attached hydrogen (secondary N) is 3. The third kappa shape index (κ3) is 9.12. The zero-order valence-corrected chi connectivity index (χ0v) is 25.7. The molecule has 0 aromatic heterocycles. The van der Waals surface area contributed by atoms with Gasteiger partial charge in [0, 0.05) is 18.4 Å². The minimum atomic E-state index is -1.10. The number of ether oxygens (including phenoxy) is 3. The fourth-order valence-corrected chi connectivity index (χ4v) is 4.81. The number of carboxylic acid groups (broad SMARTS) is 1. The Bertz CT molecular complexity index is 1530. The van der Waals surface area contributed by atoms with Crippen LogP contribution in [0, 0.1) is 12.8 Å². The van der Waals surface area contributed by atoms with Crippen molar-refractivity contribution in [2.75, 3.05) is 30.7 Å². The van der Waals surface area contributed by atoms with E-state index >= 15 is 0 Å². The summed E-state index contributed by atoms with van der Waals surface area (Å²) in [6.45, 7) is 5.45. The van der Waals surface area contributed by atoms with Crippen molar-refractivity contribution in [2.24, 2.45) is 5.92 Å². The number of carbonyl (C=O) groups is 4. The first kappa shape index (κ1) is 32.6. The van der Waals surface area contributed by atoms with E-state index < -0.39 is 29.9 Å². The molecule has 12 heteroatoms. The summed E-state index contributed by atoms with van der Waals surface area (Å²) in [5.41, 5.74) is 2.84. The molecule has 0 fully saturated rings. The summed E-state index contributed by atoms with van der Waals surface area (Å²) < 4.78 is 16.3. The van der Waals surface area contributed by atoms with Gasteiger partial charge in [-0.25, -0.2) is 4.79 Å². The number of benzene rings is 3. The molecular formula is C33H38N4O8. The highest BCUT2D eigenvalue weighted by atomic mass is 16.7. The molecular weight excluding hydrogens is 580 g/mol. The molecule has 3 aromatic rings. The summed E-state index contributed by atoms with van der Waals surface area (Å²) in [4.78, 5) is 52.0. The minimum Gasteiger partial charge on any atom is -0.484 e. The lowest BCUT2D eigenvalue weighted by Crippen LogP contribution is -2.49. The number of urea groups is 1. The molecule has 12 nitrogen and oxygen atoms in total. The lowest BCUT2D eigenvalue weighted by molar-refractivity contribution is -0.138. The van der Waals surface area contributed by atoms with Gasteiger partial charge in [-0.1, -0.05) is 38.1 Å². The topological polar surface area (TPSA) is 156 Å². The van der Waals surface area contributed by atoms with E-state index in [4.69, 9.17) is 14.2 Å². The molecule has 1 heterocycles. The Morgan fingerprint density at radius 1 is 0.956 bits per heavy atom. The Kier molecular flexibility index (Phi) is 10.9. The van der Waals surface area contributed by atoms with Gasteiger partial charge in [0.05, 0.1) is 12.5 Å². The predicted molar refractivity (Wildman–Crippen MR) is 168 cm³/mol. The quantitative estimate of drug-likeness (QED) is 0.216. The first-order chi connectivity index (χ1) is 21.5. The van der Waals surface area contributed by atoms with Crippen LogP contribution in [-0.4, -0.2) is 55.4 Å². The van der Waals surface area contributed by atoms with Crippen LogP contribution >= 0.6 is 0 Å². The van der Waals surface area contributed by atoms with Crippen LogP contribution in [0.1, 0.15) is 43.9 Å². The normalized spacial score (nSPS) is 13.0. The first-order valence-electron chi connectivity index (χ1n) is 14.5. The standard InChI is InChI=1S/C33H38N4O8/c1-20(2)15-26(32(41)36-25(17-31(39)40)22-9-14-28-29(16-22)45-19-44-28)35-30(38)18-43-24-12-10-23(11-13-24)34-33(42)37(4)27-8-6-5-7-21(27)3/h5-14,16,20,25-26H,15,17-19H2,1-4H3,(H,34,42)(H,35,38)(H,36,41)(H,39,40). The van der Waals surface area contributed by atoms with Crippen LogP contribution in [0.4, 0.5) is 16.2 Å². The molecule has 0 saturated carbocycles. The van der Waals surface area contributed by atoms with Gasteiger partial charge in [-0.3, -0.25) is 19.3 Å². The van der Waals surface area contributed by atoms with Crippen LogP contribution in [0.25, 0.3) is 0 Å². The molecule has 0 spiro atoms. The Morgan fingerprint density at radius 2 is 1.67 bits per heavy atom. The van der Waals surface area contributed by atoms with Crippen LogP contribution in [0.15, 0.2) is 66.7 Å². The molecule has 1 aliphatic rings. The summed E-state index contributed by atoms with van der Waals surface area (Å²) >= 11 is 0. The van der Waals surface area contributed by atoms with Crippen LogP contribution < -0.4 is 35.1 Å². The molecule has 2 atom stereocenters. The number of hydrogen-bond acceptors (Lipinski definition) is 7. The monoisotopic (exact) mass is 618 g/mol. The van der Waals surface area contributed by atoms with Crippen LogP contribution in [0.2, 0.25) is 0 Å². The van der Waals surface area contributed by atoms with E-state index in [-0.39, 0.29) is 31.8 Å². The van der Waals surface area contributed by atoms with Gasteiger partial charge in [0.15, 0.2) is 18.1 Å². The average Bonchev–Trinajstić information content (AvgIpc) is 3.47. The van der Waals surface area contributed by atoms with Crippen molar-refractivity contribution >= 4 is 35.2 Å². The Hall–Kier alpha value is -5.26. The SMILES string of the molecule is Cc1ccccc1N(C)C(=O)Nc1ccc(OCC(=O)NC(CC(C)C)C(=O)NC(CC(=O)O)c2ccc3c(c2)OCO3)cc1. The highest BCUT2D eigenvalue weighted by molar-refractivity contribution is 6.01. The van der Waals surface area contributed by atoms with Gasteiger partial charge in [0.1, 0.15) is 11.8 Å². The molecule has 4 amide bonds. The maximum atomic E-state index is 13.3. The third-order valence-corrected chi connectivity index (χ3v) is 7.11. The highest BCUT2D eigenvalue weighted by Crippen LogP contribution is 2.35. The third-order valence-electron chi connectivity index (χ3n) is 7.11. The molecule has 3 aromatic carbocycles. The zero-order chi connectivity index (χ0) is 32.5. The number of para-hydroxylation sites is 1. The molecule has 2 unspecified atom stereocenters. The van der Waals surface area contributed by atoms with Crippen molar-refractivity contribution in [3.8, 4) is 17.2 Å². The minimum absolute atomic E-state index is 0.0537. The van der Waals surface area contributed by atoms with Crippen molar-refractivity contribution in [1.29, 1.82) is 0 Å². The fraction of sp³-hybridized carbons (Fsp3) is 0.333. The summed E-state index contributed by atoms with van der Waals surface area (Å²) in [6.07, 6.45) is -0.0423. The second-order valence-electron chi connectivity index (χ2n) is 11.1. The van der Waals surface area contributed by atoms with Gasteiger partial charge in [0.25, 0.3) is 5.91 Å². The number of anilines is 2. The van der Waals surface area contributed by atoms with Gasteiger partial charge in [-0.15, -0.1) is 0 Å². The van der Waals surface area contributed by atoms with E-state index in [0.717, 1.165) is 11.3 Å². The van der Waals surface area contributed by atoms with Crippen molar-refractivity contribution in [3.05, 3.63) is 77.9 Å². The maximum absolute atomic E-state index is 13.3. The van der Waals surface area contributed by atoms with Gasteiger partial charge >= 0.3 is 12.0 Å². The van der Waals surface area contributed by atoms with Crippen LogP contribution in [0.5, 0.6) is 17.2 Å². The summed E-state index contributed by atoms with van der Waals surface area (Å²) in [7, 11) is 1.68. The number of fused-ring (bicyclic) bond motifs is 1. The molecule has 45 heavy (non-hydrogen) atoms. The van der Waals surface area contributed by atoms with Crippen molar-refractivity contribution in [2.45, 2.75) is 45.7 Å². The number of amides is 4. The van der Waals surface area contributed by atoms with Gasteiger partial charge in [-0.2, -0.15) is 0 Å². The van der Waals surface area contributed by atoms with E-state index in [9.17, 15) is 24.3 Å². The van der Waals surface area contributed by atoms with E-state index in [2.05, 4.69) is 16.0 Å². The molecule has 0 aliphatic carbocycles. The smallest absolute Gasteiger partial charge is 0.326 e. The Morgan fingerprint density at radius 3 is 2.36 bits per heavy atom. The zero-order valence-electron chi connectivity index (χ0n) is 25.7. The van der Waals surface area contributed by atoms with Crippen molar-refractivity contribution in [1.82, 2.24) is 10.6 Å². The lowest BCUT2D eigenvalue weighted by Gasteiger charge is -2.24. The molecule has 4 rings (SSSR count). The van der Waals surface area contributed by atoms with E-state index in [1.165, 1.54) is 4.90 Å². The van der Waals surface area contributed by atoms with Crippen LogP contribution in [0.3, 0.4) is 0 Å². The number of carboxylic acids is 1. The highest BCUT2D eigenvalue weighted by Gasteiger charge is 2.27. The maximum Gasteiger partial charge on any atom is 0.326 e. The molecule has 238 valence electrons. The molecule has 1 aliphatic heterocycles. The predicted octanol–water partition coefficient (Wildman–Crippen LogP) is 4.63. The Balaban J connectivity index is 1.33. The molecule has 4 N–H and O–H groups in total. The largest absolute Gasteiger partial charge is 0.484 e. The fourth-order valence-electron chi connectivity index (χ4n) is 4.81. The molecule has 0 saturated heterocycles. The van der Waals surface area contributed by atoms with Gasteiger partial charge in [0.2, 0.25) is 12.7 Å². The lowest BCUT2D eigenvalue weighted by atomic mass is 10.00. The van der Waals surface area contributed by atoms with Gasteiger partial charge in [-0.05, 0) is 72.9 Å². The van der Waals surface area contributed by atoms with Crippen molar-refractivity contribution < 1.29 is 38.5 Å². The number of nitrogens with zero attached hydrogens (tertiary/aromatic N) is 1. The summed E-state index contributed by atoms with van der Waals surface area (Å²) in [6, 6.07) is 17.0. The van der Waals surface area contributed by atoms with E-state index in [0.29, 0.717) is 34.9 Å².